The van der Waals surface area contributed by atoms with E-state index in [0.29, 0.717) is 0 Å². The lowest BCUT2D eigenvalue weighted by Crippen LogP contribution is -2.13. The number of nitrogens with zero attached hydrogens (tertiary/aromatic N) is 4. The molecule has 388 valence electrons. The van der Waals surface area contributed by atoms with Crippen LogP contribution < -0.4 is 9.80 Å². The summed E-state index contributed by atoms with van der Waals surface area (Å²) < 4.78 is 4.94. The fourth-order valence-electron chi connectivity index (χ4n) is 11.7. The van der Waals surface area contributed by atoms with E-state index >= 15 is 0 Å². The third-order valence-electron chi connectivity index (χ3n) is 16.1. The first-order valence-electron chi connectivity index (χ1n) is 27.8. The average molecular weight is 1020 g/mol. The van der Waals surface area contributed by atoms with E-state index in [0.717, 1.165) is 45.5 Å². The molecule has 4 heteroatoms. The SMILES string of the molecule is CC(C)(C)c1ccc2c(c1)c1cc(C(C)(C)C)ccc1n2-c1ccc(N(c2ccccc2)c2cccc(N(c3ccccc3)c3ccc(-n4c5ccc(C(C)(C)C)cc5c5cc(C(C)(C)C)ccc54)c4ccccc34)c2)cc1. The predicted molar refractivity (Wildman–Crippen MR) is 337 cm³/mol. The van der Waals surface area contributed by atoms with Crippen LogP contribution in [0.2, 0.25) is 0 Å². The van der Waals surface area contributed by atoms with Gasteiger partial charge in [0.15, 0.2) is 0 Å². The Morgan fingerprint density at radius 3 is 1.05 bits per heavy atom. The van der Waals surface area contributed by atoms with Crippen molar-refractivity contribution < 1.29 is 0 Å². The van der Waals surface area contributed by atoms with Gasteiger partial charge in [0.05, 0.1) is 33.4 Å². The standard InChI is InChI=1S/C74H72N4/c1-71(2,3)49-30-38-67-61(44-49)62-45-50(72(4,5)6)31-39-68(62)77(67)56-36-34-55(35-37-56)75(53-22-15-13-16-23-53)57-26-21-27-58(48-57)76(54-24-17-14-18-25-54)65-42-43-66(60-29-20-19-28-59(60)65)78-69-40-32-51(73(7,8)9)46-63(69)64-47-52(74(10,11)12)33-41-70(64)78/h13-48H,1-12H3. The van der Waals surface area contributed by atoms with Crippen LogP contribution in [0.15, 0.2) is 218 Å². The minimum absolute atomic E-state index is 0.0163. The highest BCUT2D eigenvalue weighted by molar-refractivity contribution is 6.13. The van der Waals surface area contributed by atoms with Crippen molar-refractivity contribution >= 4 is 88.5 Å². The molecular formula is C74H72N4. The average Bonchev–Trinajstić information content (AvgIpc) is 4.17. The van der Waals surface area contributed by atoms with Gasteiger partial charge in [-0.05, 0) is 171 Å². The van der Waals surface area contributed by atoms with Crippen molar-refractivity contribution in [3.63, 3.8) is 0 Å². The van der Waals surface area contributed by atoms with Crippen molar-refractivity contribution in [3.8, 4) is 11.4 Å². The first kappa shape index (κ1) is 50.5. The van der Waals surface area contributed by atoms with Gasteiger partial charge in [-0.1, -0.05) is 174 Å². The van der Waals surface area contributed by atoms with Gasteiger partial charge in [-0.25, -0.2) is 0 Å². The van der Waals surface area contributed by atoms with Crippen molar-refractivity contribution in [3.05, 3.63) is 241 Å². The Balaban J connectivity index is 0.994. The first-order chi connectivity index (χ1) is 37.2. The molecule has 0 aliphatic heterocycles. The lowest BCUT2D eigenvalue weighted by atomic mass is 9.85. The summed E-state index contributed by atoms with van der Waals surface area (Å²) >= 11 is 0. The topological polar surface area (TPSA) is 16.3 Å². The molecular weight excluding hydrogens is 945 g/mol. The van der Waals surface area contributed by atoms with Crippen LogP contribution >= 0.6 is 0 Å². The summed E-state index contributed by atoms with van der Waals surface area (Å²) in [7, 11) is 0. The minimum Gasteiger partial charge on any atom is -0.310 e. The molecule has 78 heavy (non-hydrogen) atoms. The Morgan fingerprint density at radius 1 is 0.256 bits per heavy atom. The predicted octanol–water partition coefficient (Wildman–Crippen LogP) is 21.2. The third-order valence-corrected chi connectivity index (χ3v) is 16.1. The van der Waals surface area contributed by atoms with Crippen LogP contribution in [-0.4, -0.2) is 9.13 Å². The van der Waals surface area contributed by atoms with Gasteiger partial charge in [-0.3, -0.25) is 0 Å². The number of aromatic nitrogens is 2. The summed E-state index contributed by atoms with van der Waals surface area (Å²) in [4.78, 5) is 4.81. The highest BCUT2D eigenvalue weighted by Gasteiger charge is 2.26. The second kappa shape index (κ2) is 18.7. The number of hydrogen-bond donors (Lipinski definition) is 0. The van der Waals surface area contributed by atoms with E-state index in [1.807, 2.05) is 0 Å². The molecule has 12 rings (SSSR count). The Kier molecular flexibility index (Phi) is 12.1. The first-order valence-corrected chi connectivity index (χ1v) is 27.8. The molecule has 0 fully saturated rings. The highest BCUT2D eigenvalue weighted by atomic mass is 15.2. The minimum atomic E-state index is 0.0163. The quantitative estimate of drug-likeness (QED) is 0.151. The number of rotatable bonds is 8. The zero-order valence-electron chi connectivity index (χ0n) is 47.6. The lowest BCUT2D eigenvalue weighted by Gasteiger charge is -2.30. The van der Waals surface area contributed by atoms with E-state index < -0.39 is 0 Å². The highest BCUT2D eigenvalue weighted by Crippen LogP contribution is 2.46. The van der Waals surface area contributed by atoms with Gasteiger partial charge >= 0.3 is 0 Å². The maximum atomic E-state index is 2.50. The molecule has 0 spiro atoms. The van der Waals surface area contributed by atoms with E-state index in [9.17, 15) is 0 Å². The molecule has 0 saturated heterocycles. The van der Waals surface area contributed by atoms with Gasteiger partial charge in [0.25, 0.3) is 0 Å². The van der Waals surface area contributed by atoms with Gasteiger partial charge < -0.3 is 18.9 Å². The van der Waals surface area contributed by atoms with E-state index in [2.05, 4.69) is 320 Å². The molecule has 0 aliphatic carbocycles. The smallest absolute Gasteiger partial charge is 0.0542 e. The van der Waals surface area contributed by atoms with E-state index in [1.54, 1.807) is 0 Å². The Morgan fingerprint density at radius 2 is 0.615 bits per heavy atom. The Hall–Kier alpha value is -8.34. The lowest BCUT2D eigenvalue weighted by molar-refractivity contribution is 0.590. The third kappa shape index (κ3) is 8.91. The summed E-state index contributed by atoms with van der Waals surface area (Å²) in [5, 5.41) is 7.50. The van der Waals surface area contributed by atoms with Crippen molar-refractivity contribution in [2.45, 2.75) is 105 Å². The molecule has 0 saturated carbocycles. The number of anilines is 6. The number of para-hydroxylation sites is 2. The second-order valence-corrected chi connectivity index (χ2v) is 25.6. The van der Waals surface area contributed by atoms with Gasteiger partial charge in [0.2, 0.25) is 0 Å². The normalized spacial score (nSPS) is 12.6. The summed E-state index contributed by atoms with van der Waals surface area (Å²) in [5.74, 6) is 0. The molecule has 0 unspecified atom stereocenters. The fourth-order valence-corrected chi connectivity index (χ4v) is 11.7. The van der Waals surface area contributed by atoms with Gasteiger partial charge in [-0.15, -0.1) is 0 Å². The van der Waals surface area contributed by atoms with Crippen LogP contribution in [0, 0.1) is 0 Å². The molecule has 10 aromatic carbocycles. The van der Waals surface area contributed by atoms with Gasteiger partial charge in [-0.2, -0.15) is 0 Å². The molecule has 0 amide bonds. The van der Waals surface area contributed by atoms with E-state index in [1.165, 1.54) is 76.6 Å². The Labute approximate surface area is 461 Å². The van der Waals surface area contributed by atoms with Crippen LogP contribution in [0.1, 0.15) is 105 Å². The van der Waals surface area contributed by atoms with Crippen LogP contribution in [-0.2, 0) is 21.7 Å². The molecule has 4 nitrogen and oxygen atoms in total. The largest absolute Gasteiger partial charge is 0.310 e. The zero-order valence-corrected chi connectivity index (χ0v) is 47.6. The summed E-state index contributed by atoms with van der Waals surface area (Å²) in [6.07, 6.45) is 0. The molecule has 12 aromatic rings. The van der Waals surface area contributed by atoms with E-state index in [4.69, 9.17) is 0 Å². The molecule has 0 atom stereocenters. The number of fused-ring (bicyclic) bond motifs is 7. The maximum Gasteiger partial charge on any atom is 0.0542 e. The zero-order chi connectivity index (χ0) is 54.5. The van der Waals surface area contributed by atoms with Gasteiger partial charge in [0, 0.05) is 66.4 Å². The number of benzene rings is 10. The fraction of sp³-hybridized carbons (Fsp3) is 0.216. The van der Waals surface area contributed by atoms with Crippen LogP contribution in [0.5, 0.6) is 0 Å². The molecule has 0 radical (unpaired) electrons. The molecule has 2 aromatic heterocycles. The van der Waals surface area contributed by atoms with Crippen LogP contribution in [0.4, 0.5) is 34.1 Å². The Bertz CT molecular complexity index is 4080. The summed E-state index contributed by atoms with van der Waals surface area (Å²) in [5.41, 5.74) is 19.0. The maximum absolute atomic E-state index is 2.50. The van der Waals surface area contributed by atoms with Crippen LogP contribution in [0.3, 0.4) is 0 Å². The number of hydrogen-bond acceptors (Lipinski definition) is 2. The van der Waals surface area contributed by atoms with Crippen molar-refractivity contribution in [1.29, 1.82) is 0 Å². The van der Waals surface area contributed by atoms with Crippen molar-refractivity contribution in [2.75, 3.05) is 9.80 Å². The molecule has 0 bridgehead atoms. The second-order valence-electron chi connectivity index (χ2n) is 25.6. The van der Waals surface area contributed by atoms with Crippen LogP contribution in [0.25, 0.3) is 65.8 Å². The summed E-state index contributed by atoms with van der Waals surface area (Å²) in [6, 6.07) is 81.7. The summed E-state index contributed by atoms with van der Waals surface area (Å²) in [6.45, 7) is 27.7. The molecule has 0 N–H and O–H groups in total. The van der Waals surface area contributed by atoms with Gasteiger partial charge in [0.1, 0.15) is 0 Å². The molecule has 0 aliphatic rings. The van der Waals surface area contributed by atoms with Crippen molar-refractivity contribution in [2.24, 2.45) is 0 Å². The van der Waals surface area contributed by atoms with E-state index in [-0.39, 0.29) is 21.7 Å². The van der Waals surface area contributed by atoms with Crippen molar-refractivity contribution in [1.82, 2.24) is 9.13 Å². The monoisotopic (exact) mass is 1020 g/mol. The molecule has 2 heterocycles.